The Morgan fingerprint density at radius 1 is 0.953 bits per heavy atom. The number of halogens is 9. The zero-order valence-corrected chi connectivity index (χ0v) is 23.0. The highest BCUT2D eigenvalue weighted by molar-refractivity contribution is 5.95. The van der Waals surface area contributed by atoms with Crippen LogP contribution in [0.1, 0.15) is 73.7 Å². The topological polar surface area (TPSA) is 80.0 Å². The van der Waals surface area contributed by atoms with E-state index in [0.29, 0.717) is 31.0 Å². The molecule has 1 aliphatic rings. The molecule has 3 heterocycles. The van der Waals surface area contributed by atoms with Crippen LogP contribution in [0.5, 0.6) is 0 Å². The zero-order valence-electron chi connectivity index (χ0n) is 23.0. The van der Waals surface area contributed by atoms with E-state index < -0.39 is 59.5 Å². The number of anilines is 2. The highest BCUT2D eigenvalue weighted by Crippen LogP contribution is 2.44. The maximum Gasteiger partial charge on any atom is 0.433 e. The lowest BCUT2D eigenvalue weighted by Gasteiger charge is -2.43. The van der Waals surface area contributed by atoms with Crippen molar-refractivity contribution in [3.05, 3.63) is 58.4 Å². The summed E-state index contributed by atoms with van der Waals surface area (Å²) in [6, 6.07) is 1.05. The third-order valence-corrected chi connectivity index (χ3v) is 6.96. The number of carbonyl (C=O) groups excluding carboxylic acids is 1. The Hall–Kier alpha value is -3.92. The molecule has 0 spiro atoms. The molecule has 1 amide bonds. The molecule has 0 aliphatic carbocycles. The number of hydrogen-bond donors (Lipinski definition) is 0. The van der Waals surface area contributed by atoms with Gasteiger partial charge in [-0.15, -0.1) is 5.10 Å². The van der Waals surface area contributed by atoms with E-state index in [1.165, 1.54) is 16.8 Å². The van der Waals surface area contributed by atoms with Crippen LogP contribution in [0.2, 0.25) is 0 Å². The Morgan fingerprint density at radius 2 is 1.58 bits per heavy atom. The van der Waals surface area contributed by atoms with Crippen LogP contribution in [0.25, 0.3) is 0 Å². The molecule has 0 bridgehead atoms. The summed E-state index contributed by atoms with van der Waals surface area (Å²) in [7, 11) is 1.36. The van der Waals surface area contributed by atoms with Gasteiger partial charge >= 0.3 is 18.5 Å². The fraction of sp³-hybridized carbons (Fsp3) is 0.500. The van der Waals surface area contributed by atoms with Gasteiger partial charge in [0.1, 0.15) is 5.69 Å². The molecule has 8 nitrogen and oxygen atoms in total. The van der Waals surface area contributed by atoms with Crippen LogP contribution in [0.4, 0.5) is 51.1 Å². The molecule has 3 aromatic rings. The van der Waals surface area contributed by atoms with Gasteiger partial charge in [0.2, 0.25) is 5.91 Å². The van der Waals surface area contributed by atoms with Gasteiger partial charge in [-0.05, 0) is 60.4 Å². The predicted molar refractivity (Wildman–Crippen MR) is 134 cm³/mol. The van der Waals surface area contributed by atoms with Crippen LogP contribution >= 0.6 is 0 Å². The molecule has 0 fully saturated rings. The van der Waals surface area contributed by atoms with Crippen LogP contribution in [0.15, 0.2) is 30.3 Å². The van der Waals surface area contributed by atoms with Gasteiger partial charge in [-0.3, -0.25) is 4.79 Å². The number of rotatable bonds is 7. The van der Waals surface area contributed by atoms with E-state index >= 15 is 0 Å². The van der Waals surface area contributed by atoms with Crippen LogP contribution < -0.4 is 9.80 Å². The minimum atomic E-state index is -5.13. The third kappa shape index (κ3) is 6.85. The Kier molecular flexibility index (Phi) is 8.66. The van der Waals surface area contributed by atoms with Gasteiger partial charge in [-0.2, -0.15) is 44.3 Å². The lowest BCUT2D eigenvalue weighted by molar-refractivity contribution is -0.143. The molecular formula is C26H26F9N7O. The maximum atomic E-state index is 13.8. The van der Waals surface area contributed by atoms with Crippen molar-refractivity contribution in [2.75, 3.05) is 9.80 Å². The van der Waals surface area contributed by atoms with Crippen LogP contribution in [0.3, 0.4) is 0 Å². The van der Waals surface area contributed by atoms with Gasteiger partial charge in [0.15, 0.2) is 0 Å². The second-order valence-corrected chi connectivity index (χ2v) is 10.0. The first-order chi connectivity index (χ1) is 19.9. The number of pyridine rings is 1. The fourth-order valence-corrected chi connectivity index (χ4v) is 5.06. The lowest BCUT2D eigenvalue weighted by Crippen LogP contribution is -2.48. The number of tetrazole rings is 1. The first-order valence-electron chi connectivity index (χ1n) is 13.1. The van der Waals surface area contributed by atoms with Crippen molar-refractivity contribution in [3.63, 3.8) is 0 Å². The quantitative estimate of drug-likeness (QED) is 0.272. The van der Waals surface area contributed by atoms with Crippen LogP contribution in [-0.4, -0.2) is 37.1 Å². The summed E-state index contributed by atoms with van der Waals surface area (Å²) in [6.45, 7) is 2.81. The van der Waals surface area contributed by atoms with E-state index in [-0.39, 0.29) is 42.1 Å². The summed E-state index contributed by atoms with van der Waals surface area (Å²) in [5.41, 5.74) is -5.08. The van der Waals surface area contributed by atoms with E-state index in [1.807, 2.05) is 0 Å². The highest BCUT2D eigenvalue weighted by Gasteiger charge is 2.43. The number of carbonyl (C=O) groups is 1. The van der Waals surface area contributed by atoms with Crippen molar-refractivity contribution in [2.24, 2.45) is 7.05 Å². The van der Waals surface area contributed by atoms with Crippen molar-refractivity contribution >= 4 is 17.5 Å². The monoisotopic (exact) mass is 623 g/mol. The molecule has 2 atom stereocenters. The van der Waals surface area contributed by atoms with Crippen molar-refractivity contribution in [1.29, 1.82) is 0 Å². The lowest BCUT2D eigenvalue weighted by atomic mass is 9.91. The van der Waals surface area contributed by atoms with Gasteiger partial charge < -0.3 is 9.80 Å². The smallest absolute Gasteiger partial charge is 0.325 e. The average Bonchev–Trinajstić information content (AvgIpc) is 3.34. The Balaban J connectivity index is 1.93. The van der Waals surface area contributed by atoms with E-state index in [2.05, 4.69) is 20.4 Å². The molecule has 234 valence electrons. The van der Waals surface area contributed by atoms with Gasteiger partial charge in [0, 0.05) is 19.0 Å². The summed E-state index contributed by atoms with van der Waals surface area (Å²) >= 11 is 0. The van der Waals surface area contributed by atoms with Crippen molar-refractivity contribution < 1.29 is 44.3 Å². The minimum Gasteiger partial charge on any atom is -0.325 e. The Bertz CT molecular complexity index is 1430. The van der Waals surface area contributed by atoms with E-state index in [0.717, 1.165) is 10.9 Å². The summed E-state index contributed by atoms with van der Waals surface area (Å²) < 4.78 is 123. The second-order valence-electron chi connectivity index (χ2n) is 10.0. The van der Waals surface area contributed by atoms with Crippen molar-refractivity contribution in [2.45, 2.75) is 76.7 Å². The first-order valence-corrected chi connectivity index (χ1v) is 13.1. The normalized spacial score (nSPS) is 17.6. The molecule has 0 radical (unpaired) electrons. The molecule has 1 aliphatic heterocycles. The molecule has 0 unspecified atom stereocenters. The molecule has 4 rings (SSSR count). The van der Waals surface area contributed by atoms with Crippen molar-refractivity contribution in [1.82, 2.24) is 25.2 Å². The highest BCUT2D eigenvalue weighted by atomic mass is 19.4. The molecule has 17 heteroatoms. The fourth-order valence-electron chi connectivity index (χ4n) is 5.06. The number of benzene rings is 1. The summed E-state index contributed by atoms with van der Waals surface area (Å²) in [5.74, 6) is -0.640. The number of alkyl halides is 9. The number of amides is 1. The largest absolute Gasteiger partial charge is 0.433 e. The molecule has 43 heavy (non-hydrogen) atoms. The zero-order chi connectivity index (χ0) is 31.9. The average molecular weight is 624 g/mol. The number of fused-ring (bicyclic) bond motifs is 1. The maximum absolute atomic E-state index is 13.8. The van der Waals surface area contributed by atoms with Gasteiger partial charge in [-0.1, -0.05) is 18.9 Å². The third-order valence-electron chi connectivity index (χ3n) is 6.96. The van der Waals surface area contributed by atoms with Crippen LogP contribution in [-0.2, 0) is 36.9 Å². The van der Waals surface area contributed by atoms with E-state index in [1.54, 1.807) is 13.8 Å². The van der Waals surface area contributed by atoms with Gasteiger partial charge in [0.25, 0.3) is 5.95 Å². The van der Waals surface area contributed by atoms with Gasteiger partial charge in [-0.25, -0.2) is 4.98 Å². The molecule has 1 aromatic carbocycles. The molecular weight excluding hydrogens is 597 g/mol. The Labute approximate surface area is 239 Å². The summed E-state index contributed by atoms with van der Waals surface area (Å²) in [4.78, 5) is 20.5. The van der Waals surface area contributed by atoms with Crippen LogP contribution in [0, 0.1) is 0 Å². The number of aromatic nitrogens is 5. The first kappa shape index (κ1) is 32.0. The van der Waals surface area contributed by atoms with Gasteiger partial charge in [0.05, 0.1) is 35.6 Å². The Morgan fingerprint density at radius 3 is 2.07 bits per heavy atom. The second kappa shape index (κ2) is 11.6. The SMILES string of the molecule is CCCC(=O)N1c2ccc(C(F)(F)F)nc2[C@@H](N(Cc2cc(C(F)(F)F)cc(C(F)(F)F)c2)c2nnn(C)n2)C[C@H]1CC. The number of hydrogen-bond acceptors (Lipinski definition) is 6. The predicted octanol–water partition coefficient (Wildman–Crippen LogP) is 6.72. The minimum absolute atomic E-state index is 0.0220. The van der Waals surface area contributed by atoms with E-state index in [9.17, 15) is 44.3 Å². The standard InChI is InChI=1S/C26H26F9N7O/c1-4-6-21(43)42-17(5-2)12-19(22-18(42)7-8-20(36-22)26(33,34)35)41(23-37-39-40(3)38-23)13-14-9-15(24(27,28)29)11-16(10-14)25(30,31)32/h7-11,17,19H,4-6,12-13H2,1-3H3/t17-,19+/m1/s1. The summed E-state index contributed by atoms with van der Waals surface area (Å²) in [5, 5.41) is 11.6. The molecule has 2 aromatic heterocycles. The molecule has 0 saturated carbocycles. The number of aryl methyl sites for hydroxylation is 1. The molecule has 0 N–H and O–H groups in total. The number of nitrogens with zero attached hydrogens (tertiary/aromatic N) is 7. The molecule has 0 saturated heterocycles. The van der Waals surface area contributed by atoms with E-state index in [4.69, 9.17) is 0 Å². The summed E-state index contributed by atoms with van der Waals surface area (Å²) in [6.07, 6.45) is -14.4. The van der Waals surface area contributed by atoms with Crippen molar-refractivity contribution in [3.8, 4) is 0 Å².